The van der Waals surface area contributed by atoms with Gasteiger partial charge in [0.2, 0.25) is 0 Å². The first-order chi connectivity index (χ1) is 14.9. The summed E-state index contributed by atoms with van der Waals surface area (Å²) in [4.78, 5) is 17.2. The number of carbonyl (C=O) groups excluding carboxylic acids is 1. The zero-order valence-corrected chi connectivity index (χ0v) is 19.3. The first-order valence-corrected chi connectivity index (χ1v) is 12.1. The molecule has 4 aromatic rings. The van der Waals surface area contributed by atoms with Gasteiger partial charge < -0.3 is 4.74 Å². The van der Waals surface area contributed by atoms with Gasteiger partial charge in [0.25, 0.3) is 15.9 Å². The number of thiazole rings is 1. The highest BCUT2D eigenvalue weighted by Crippen LogP contribution is 2.31. The van der Waals surface area contributed by atoms with E-state index in [0.717, 1.165) is 14.7 Å². The van der Waals surface area contributed by atoms with Crippen LogP contribution in [0.3, 0.4) is 0 Å². The van der Waals surface area contributed by atoms with Gasteiger partial charge in [-0.15, -0.1) is 0 Å². The zero-order chi connectivity index (χ0) is 22.0. The molecular weight excluding hydrogens is 502 g/mol. The third-order valence-electron chi connectivity index (χ3n) is 4.34. The molecule has 2 N–H and O–H groups in total. The number of nitrogens with zero attached hydrogens (tertiary/aromatic N) is 1. The van der Waals surface area contributed by atoms with Gasteiger partial charge in [-0.05, 0) is 70.5 Å². The minimum Gasteiger partial charge on any atom is -0.497 e. The molecule has 0 aliphatic heterocycles. The molecular formula is C21H16BrN3O4S2. The predicted octanol–water partition coefficient (Wildman–Crippen LogP) is 5.12. The standard InChI is InChI=1S/C21H16BrN3O4S2/c1-29-15-8-10-16(11-9-15)31(27,28)25-14-5-2-4-13(12-14)20(26)24-21-23-19-17(22)6-3-7-18(19)30-21/h2-12,25H,1H3,(H,23,24,26). The summed E-state index contributed by atoms with van der Waals surface area (Å²) in [6.45, 7) is 0. The lowest BCUT2D eigenvalue weighted by atomic mass is 10.2. The van der Waals surface area contributed by atoms with E-state index in [2.05, 4.69) is 31.0 Å². The first-order valence-electron chi connectivity index (χ1n) is 8.99. The van der Waals surface area contributed by atoms with Crippen LogP contribution in [-0.2, 0) is 10.0 Å². The largest absolute Gasteiger partial charge is 0.497 e. The van der Waals surface area contributed by atoms with Gasteiger partial charge in [0, 0.05) is 15.7 Å². The number of aromatic nitrogens is 1. The van der Waals surface area contributed by atoms with Crippen LogP contribution in [0.2, 0.25) is 0 Å². The Bertz CT molecular complexity index is 1370. The van der Waals surface area contributed by atoms with E-state index in [0.29, 0.717) is 16.4 Å². The number of benzene rings is 3. The van der Waals surface area contributed by atoms with E-state index in [1.54, 1.807) is 30.3 Å². The quantitative estimate of drug-likeness (QED) is 0.369. The number of halogens is 1. The van der Waals surface area contributed by atoms with Crippen LogP contribution < -0.4 is 14.8 Å². The molecule has 31 heavy (non-hydrogen) atoms. The SMILES string of the molecule is COc1ccc(S(=O)(=O)Nc2cccc(C(=O)Nc3nc4c(Br)cccc4s3)c2)cc1. The van der Waals surface area contributed by atoms with Crippen molar-refractivity contribution in [2.24, 2.45) is 0 Å². The van der Waals surface area contributed by atoms with Gasteiger partial charge in [-0.2, -0.15) is 0 Å². The number of para-hydroxylation sites is 1. The summed E-state index contributed by atoms with van der Waals surface area (Å²) in [5, 5.41) is 3.22. The second kappa shape index (κ2) is 8.66. The van der Waals surface area contributed by atoms with Crippen molar-refractivity contribution in [3.63, 3.8) is 0 Å². The number of fused-ring (bicyclic) bond motifs is 1. The van der Waals surface area contributed by atoms with Crippen molar-refractivity contribution < 1.29 is 17.9 Å². The van der Waals surface area contributed by atoms with Crippen molar-refractivity contribution in [3.8, 4) is 5.75 Å². The van der Waals surface area contributed by atoms with E-state index in [1.165, 1.54) is 36.6 Å². The Morgan fingerprint density at radius 2 is 1.81 bits per heavy atom. The second-order valence-corrected chi connectivity index (χ2v) is 9.99. The van der Waals surface area contributed by atoms with Crippen molar-refractivity contribution in [3.05, 3.63) is 76.8 Å². The number of sulfonamides is 1. The average Bonchev–Trinajstić information content (AvgIpc) is 3.17. The van der Waals surface area contributed by atoms with Crippen molar-refractivity contribution in [2.45, 2.75) is 4.90 Å². The topological polar surface area (TPSA) is 97.4 Å². The number of ether oxygens (including phenoxy) is 1. The molecule has 0 unspecified atom stereocenters. The molecule has 0 saturated heterocycles. The van der Waals surface area contributed by atoms with Gasteiger partial charge in [0.15, 0.2) is 5.13 Å². The molecule has 0 aliphatic carbocycles. The van der Waals surface area contributed by atoms with Crippen LogP contribution in [-0.4, -0.2) is 26.4 Å². The number of hydrogen-bond donors (Lipinski definition) is 2. The molecule has 1 amide bonds. The number of methoxy groups -OCH3 is 1. The highest BCUT2D eigenvalue weighted by atomic mass is 79.9. The average molecular weight is 518 g/mol. The summed E-state index contributed by atoms with van der Waals surface area (Å²) in [5.74, 6) is 0.167. The van der Waals surface area contributed by atoms with E-state index in [-0.39, 0.29) is 16.5 Å². The summed E-state index contributed by atoms with van der Waals surface area (Å²) in [6.07, 6.45) is 0. The molecule has 0 bridgehead atoms. The molecule has 1 heterocycles. The predicted molar refractivity (Wildman–Crippen MR) is 126 cm³/mol. The number of rotatable bonds is 6. The van der Waals surface area contributed by atoms with Crippen LogP contribution in [0, 0.1) is 0 Å². The Balaban J connectivity index is 1.52. The van der Waals surface area contributed by atoms with E-state index in [1.807, 2.05) is 18.2 Å². The number of hydrogen-bond acceptors (Lipinski definition) is 6. The molecule has 0 saturated carbocycles. The fraction of sp³-hybridized carbons (Fsp3) is 0.0476. The third kappa shape index (κ3) is 4.71. The molecule has 4 rings (SSSR count). The Kier molecular flexibility index (Phi) is 5.94. The molecule has 0 atom stereocenters. The molecule has 0 radical (unpaired) electrons. The molecule has 7 nitrogen and oxygen atoms in total. The highest BCUT2D eigenvalue weighted by Gasteiger charge is 2.16. The van der Waals surface area contributed by atoms with Crippen LogP contribution in [0.15, 0.2) is 76.1 Å². The first kappa shape index (κ1) is 21.3. The summed E-state index contributed by atoms with van der Waals surface area (Å²) in [5.41, 5.74) is 1.34. The van der Waals surface area contributed by atoms with E-state index >= 15 is 0 Å². The number of nitrogens with one attached hydrogen (secondary N) is 2. The molecule has 0 spiro atoms. The molecule has 158 valence electrons. The maximum absolute atomic E-state index is 12.7. The molecule has 10 heteroatoms. The van der Waals surface area contributed by atoms with Gasteiger partial charge >= 0.3 is 0 Å². The Labute approximate surface area is 191 Å². The van der Waals surface area contributed by atoms with Gasteiger partial charge in [-0.25, -0.2) is 13.4 Å². The number of amides is 1. The van der Waals surface area contributed by atoms with E-state index in [4.69, 9.17) is 4.74 Å². The number of carbonyl (C=O) groups is 1. The van der Waals surface area contributed by atoms with Crippen LogP contribution in [0.5, 0.6) is 5.75 Å². The van der Waals surface area contributed by atoms with E-state index in [9.17, 15) is 13.2 Å². The van der Waals surface area contributed by atoms with Crippen LogP contribution in [0.1, 0.15) is 10.4 Å². The normalized spacial score (nSPS) is 11.3. The fourth-order valence-electron chi connectivity index (χ4n) is 2.83. The Morgan fingerprint density at radius 3 is 2.52 bits per heavy atom. The number of anilines is 2. The molecule has 3 aromatic carbocycles. The smallest absolute Gasteiger partial charge is 0.261 e. The van der Waals surface area contributed by atoms with Gasteiger partial charge in [0.1, 0.15) is 5.75 Å². The van der Waals surface area contributed by atoms with Crippen LogP contribution in [0.4, 0.5) is 10.8 Å². The molecule has 0 aliphatic rings. The van der Waals surface area contributed by atoms with Gasteiger partial charge in [0.05, 0.1) is 22.2 Å². The van der Waals surface area contributed by atoms with Crippen molar-refractivity contribution in [1.82, 2.24) is 4.98 Å². The zero-order valence-electron chi connectivity index (χ0n) is 16.1. The summed E-state index contributed by atoms with van der Waals surface area (Å²) in [6, 6.07) is 18.0. The Hall–Kier alpha value is -2.95. The Morgan fingerprint density at radius 1 is 1.06 bits per heavy atom. The third-order valence-corrected chi connectivity index (χ3v) is 7.31. The fourth-order valence-corrected chi connectivity index (χ4v) is 5.35. The van der Waals surface area contributed by atoms with Gasteiger partial charge in [-0.3, -0.25) is 14.8 Å². The van der Waals surface area contributed by atoms with Crippen LogP contribution in [0.25, 0.3) is 10.2 Å². The lowest BCUT2D eigenvalue weighted by Crippen LogP contribution is -2.15. The maximum Gasteiger partial charge on any atom is 0.261 e. The minimum atomic E-state index is -3.81. The van der Waals surface area contributed by atoms with Crippen LogP contribution >= 0.6 is 27.3 Å². The van der Waals surface area contributed by atoms with Crippen molar-refractivity contribution in [2.75, 3.05) is 17.1 Å². The van der Waals surface area contributed by atoms with Gasteiger partial charge in [-0.1, -0.05) is 23.5 Å². The second-order valence-electron chi connectivity index (χ2n) is 6.42. The monoisotopic (exact) mass is 517 g/mol. The van der Waals surface area contributed by atoms with Crippen molar-refractivity contribution in [1.29, 1.82) is 0 Å². The molecule has 1 aromatic heterocycles. The maximum atomic E-state index is 12.7. The summed E-state index contributed by atoms with van der Waals surface area (Å²) < 4.78 is 34.6. The summed E-state index contributed by atoms with van der Waals surface area (Å²) in [7, 11) is -2.31. The lowest BCUT2D eigenvalue weighted by molar-refractivity contribution is 0.102. The summed E-state index contributed by atoms with van der Waals surface area (Å²) >= 11 is 4.80. The minimum absolute atomic E-state index is 0.0863. The van der Waals surface area contributed by atoms with Crippen molar-refractivity contribution >= 4 is 64.2 Å². The molecule has 0 fully saturated rings. The van der Waals surface area contributed by atoms with E-state index < -0.39 is 10.0 Å². The highest BCUT2D eigenvalue weighted by molar-refractivity contribution is 9.10. The lowest BCUT2D eigenvalue weighted by Gasteiger charge is -2.10.